The number of hydrogen-bond acceptors (Lipinski definition) is 1. The van der Waals surface area contributed by atoms with Crippen LogP contribution in [-0.2, 0) is 6.42 Å². The molecule has 0 saturated heterocycles. The van der Waals surface area contributed by atoms with Crippen LogP contribution in [0, 0.1) is 12.3 Å². The van der Waals surface area contributed by atoms with Gasteiger partial charge in [-0.15, -0.1) is 0 Å². The third-order valence-electron chi connectivity index (χ3n) is 1.77. The Kier molecular flexibility index (Phi) is 6.25. The first-order valence-corrected chi connectivity index (χ1v) is 4.72. The average molecular weight is 198 g/mol. The highest BCUT2D eigenvalue weighted by Crippen LogP contribution is 2.17. The maximum absolute atomic E-state index is 5.95. The van der Waals surface area contributed by atoms with E-state index >= 15 is 0 Å². The maximum atomic E-state index is 5.95. The van der Waals surface area contributed by atoms with Crippen LogP contribution < -0.4 is 0 Å². The lowest BCUT2D eigenvalue weighted by Gasteiger charge is -2.01. The number of nitrogens with one attached hydrogen (secondary N) is 1. The average Bonchev–Trinajstić information content (AvgIpc) is 2.15. The Balaban J connectivity index is 0.000000671. The largest absolute Gasteiger partial charge is 0.317 e. The molecule has 72 valence electrons. The first kappa shape index (κ1) is 12.2. The summed E-state index contributed by atoms with van der Waals surface area (Å²) in [5, 5.41) is 6.39. The molecule has 0 saturated carbocycles. The predicted octanol–water partition coefficient (Wildman–Crippen LogP) is 3.87. The van der Waals surface area contributed by atoms with Gasteiger partial charge < -0.3 is 5.41 Å². The van der Waals surface area contributed by atoms with E-state index < -0.39 is 0 Å². The normalized spacial score (nSPS) is 8.85. The predicted molar refractivity (Wildman–Crippen MR) is 60.0 cm³/mol. The highest BCUT2D eigenvalue weighted by Gasteiger charge is 1.95. The molecule has 0 atom stereocenters. The van der Waals surface area contributed by atoms with Crippen LogP contribution in [0.4, 0.5) is 0 Å². The quantitative estimate of drug-likeness (QED) is 0.697. The zero-order valence-electron chi connectivity index (χ0n) is 8.23. The van der Waals surface area contributed by atoms with Crippen molar-refractivity contribution in [2.75, 3.05) is 0 Å². The van der Waals surface area contributed by atoms with Gasteiger partial charge >= 0.3 is 0 Å². The molecule has 1 aromatic carbocycles. The molecular formula is C11H16ClN. The summed E-state index contributed by atoms with van der Waals surface area (Å²) in [5.41, 5.74) is 2.50. The van der Waals surface area contributed by atoms with Crippen LogP contribution in [0.2, 0.25) is 5.02 Å². The molecule has 0 aliphatic heterocycles. The van der Waals surface area contributed by atoms with Gasteiger partial charge in [0.05, 0.1) is 0 Å². The van der Waals surface area contributed by atoms with E-state index in [-0.39, 0.29) is 0 Å². The van der Waals surface area contributed by atoms with Gasteiger partial charge in [0.1, 0.15) is 0 Å². The first-order chi connectivity index (χ1) is 6.24. The fraction of sp³-hybridized carbons (Fsp3) is 0.364. The van der Waals surface area contributed by atoms with Gasteiger partial charge in [0.2, 0.25) is 0 Å². The molecule has 0 unspecified atom stereocenters. The second-order valence-corrected chi connectivity index (χ2v) is 3.24. The van der Waals surface area contributed by atoms with Gasteiger partial charge in [-0.1, -0.05) is 37.1 Å². The van der Waals surface area contributed by atoms with Crippen molar-refractivity contribution in [3.8, 4) is 0 Å². The van der Waals surface area contributed by atoms with E-state index in [1.165, 1.54) is 12.0 Å². The lowest BCUT2D eigenvalue weighted by molar-refractivity contribution is 0.921. The molecule has 1 nitrogen and oxygen atoms in total. The Morgan fingerprint density at radius 3 is 2.46 bits per heavy atom. The van der Waals surface area contributed by atoms with Gasteiger partial charge in [0, 0.05) is 5.02 Å². The van der Waals surface area contributed by atoms with Crippen LogP contribution in [0.1, 0.15) is 24.5 Å². The maximum Gasteiger partial charge on any atom is 0.0437 e. The van der Waals surface area contributed by atoms with Crippen LogP contribution in [0.25, 0.3) is 0 Å². The molecule has 0 spiro atoms. The standard InChI is InChI=1S/C10H13Cl.CH3N/c1-3-4-9-6-5-8(2)10(11)7-9;1-2/h5-7H,3-4H2,1-2H3;2H,1H2. The Hall–Kier alpha value is -0.820. The molecule has 0 bridgehead atoms. The first-order valence-electron chi connectivity index (χ1n) is 4.34. The Morgan fingerprint density at radius 2 is 2.00 bits per heavy atom. The Bertz CT molecular complexity index is 258. The summed E-state index contributed by atoms with van der Waals surface area (Å²) in [7, 11) is 0. The summed E-state index contributed by atoms with van der Waals surface area (Å²) < 4.78 is 0. The number of rotatable bonds is 2. The molecule has 0 aliphatic rings. The van der Waals surface area contributed by atoms with Crippen LogP contribution in [0.3, 0.4) is 0 Å². The molecule has 0 fully saturated rings. The zero-order chi connectivity index (χ0) is 10.3. The molecule has 0 aliphatic carbocycles. The van der Waals surface area contributed by atoms with E-state index in [2.05, 4.69) is 31.8 Å². The lowest BCUT2D eigenvalue weighted by Crippen LogP contribution is -1.83. The lowest BCUT2D eigenvalue weighted by atomic mass is 10.1. The van der Waals surface area contributed by atoms with Crippen molar-refractivity contribution in [1.29, 1.82) is 5.41 Å². The fourth-order valence-corrected chi connectivity index (χ4v) is 1.28. The summed E-state index contributed by atoms with van der Waals surface area (Å²) in [6, 6.07) is 6.28. The summed E-state index contributed by atoms with van der Waals surface area (Å²) in [6.45, 7) is 6.70. The monoisotopic (exact) mass is 197 g/mol. The number of hydrogen-bond donors (Lipinski definition) is 1. The molecule has 0 amide bonds. The summed E-state index contributed by atoms with van der Waals surface area (Å²) >= 11 is 5.95. The third-order valence-corrected chi connectivity index (χ3v) is 2.18. The Labute approximate surface area is 85.3 Å². The van der Waals surface area contributed by atoms with E-state index in [1.807, 2.05) is 6.92 Å². The van der Waals surface area contributed by atoms with E-state index in [9.17, 15) is 0 Å². The molecule has 1 aromatic rings. The SMILES string of the molecule is C=N.CCCc1ccc(C)c(Cl)c1. The molecule has 1 rings (SSSR count). The zero-order valence-corrected chi connectivity index (χ0v) is 8.99. The van der Waals surface area contributed by atoms with E-state index in [0.717, 1.165) is 17.0 Å². The minimum atomic E-state index is 0.885. The van der Waals surface area contributed by atoms with Gasteiger partial charge in [-0.25, -0.2) is 0 Å². The second kappa shape index (κ2) is 6.67. The van der Waals surface area contributed by atoms with Gasteiger partial charge in [-0.3, -0.25) is 0 Å². The molecule has 0 aromatic heterocycles. The highest BCUT2D eigenvalue weighted by molar-refractivity contribution is 6.31. The number of aryl methyl sites for hydroxylation is 2. The summed E-state index contributed by atoms with van der Waals surface area (Å²) in [5.74, 6) is 0. The van der Waals surface area contributed by atoms with Crippen LogP contribution in [0.15, 0.2) is 18.2 Å². The van der Waals surface area contributed by atoms with Crippen molar-refractivity contribution in [2.24, 2.45) is 0 Å². The third kappa shape index (κ3) is 4.09. The second-order valence-electron chi connectivity index (χ2n) is 2.83. The minimum absolute atomic E-state index is 0.885. The van der Waals surface area contributed by atoms with Crippen molar-refractivity contribution < 1.29 is 0 Å². The van der Waals surface area contributed by atoms with Gasteiger partial charge in [-0.2, -0.15) is 0 Å². The Morgan fingerprint density at radius 1 is 1.38 bits per heavy atom. The summed E-state index contributed by atoms with van der Waals surface area (Å²) in [4.78, 5) is 0. The van der Waals surface area contributed by atoms with E-state index in [4.69, 9.17) is 17.0 Å². The number of halogens is 1. The molecule has 0 radical (unpaired) electrons. The smallest absolute Gasteiger partial charge is 0.0437 e. The molecule has 2 heteroatoms. The van der Waals surface area contributed by atoms with Gasteiger partial charge in [0.25, 0.3) is 0 Å². The van der Waals surface area contributed by atoms with Crippen molar-refractivity contribution in [3.63, 3.8) is 0 Å². The molecule has 0 heterocycles. The minimum Gasteiger partial charge on any atom is -0.317 e. The van der Waals surface area contributed by atoms with Crippen LogP contribution in [0.5, 0.6) is 0 Å². The fourth-order valence-electron chi connectivity index (χ4n) is 1.08. The van der Waals surface area contributed by atoms with Crippen LogP contribution in [-0.4, -0.2) is 6.72 Å². The van der Waals surface area contributed by atoms with Crippen molar-refractivity contribution in [3.05, 3.63) is 34.3 Å². The van der Waals surface area contributed by atoms with E-state index in [1.54, 1.807) is 0 Å². The van der Waals surface area contributed by atoms with Crippen molar-refractivity contribution in [2.45, 2.75) is 26.7 Å². The number of benzene rings is 1. The molecule has 1 N–H and O–H groups in total. The topological polar surface area (TPSA) is 23.9 Å². The summed E-state index contributed by atoms with van der Waals surface area (Å²) in [6.07, 6.45) is 2.30. The molecular weight excluding hydrogens is 182 g/mol. The van der Waals surface area contributed by atoms with Crippen molar-refractivity contribution in [1.82, 2.24) is 0 Å². The van der Waals surface area contributed by atoms with Crippen LogP contribution >= 0.6 is 11.6 Å². The van der Waals surface area contributed by atoms with Gasteiger partial charge in [0.15, 0.2) is 0 Å². The van der Waals surface area contributed by atoms with Gasteiger partial charge in [-0.05, 0) is 37.3 Å². The molecule has 13 heavy (non-hydrogen) atoms. The van der Waals surface area contributed by atoms with Crippen molar-refractivity contribution >= 4 is 18.3 Å². The van der Waals surface area contributed by atoms with E-state index in [0.29, 0.717) is 0 Å². The highest BCUT2D eigenvalue weighted by atomic mass is 35.5.